The molecule has 1 amide bonds. The largest absolute Gasteiger partial charge is 0.490 e. The van der Waals surface area contributed by atoms with Crippen molar-refractivity contribution < 1.29 is 19.1 Å². The maximum Gasteiger partial charge on any atom is 0.329 e. The number of nitrogens with two attached hydrogens (primary N) is 2. The zero-order valence-electron chi connectivity index (χ0n) is 25.0. The van der Waals surface area contributed by atoms with Gasteiger partial charge in [-0.2, -0.15) is 0 Å². The lowest BCUT2D eigenvalue weighted by molar-refractivity contribution is -0.160. The van der Waals surface area contributed by atoms with Crippen molar-refractivity contribution in [3.05, 3.63) is 76.9 Å². The summed E-state index contributed by atoms with van der Waals surface area (Å²) >= 11 is 0. The van der Waals surface area contributed by atoms with Crippen LogP contribution >= 0.6 is 0 Å². The molecular weight excluding hydrogens is 544 g/mol. The number of rotatable bonds is 7. The number of ether oxygens (including phenoxy) is 2. The van der Waals surface area contributed by atoms with Gasteiger partial charge in [0, 0.05) is 50.0 Å². The summed E-state index contributed by atoms with van der Waals surface area (Å²) in [4.78, 5) is 30.9. The minimum Gasteiger partial charge on any atom is -0.490 e. The molecule has 10 heteroatoms. The van der Waals surface area contributed by atoms with Crippen molar-refractivity contribution in [2.75, 3.05) is 19.6 Å². The number of guanidine groups is 1. The van der Waals surface area contributed by atoms with Crippen LogP contribution in [0.2, 0.25) is 0 Å². The first-order valence-electron chi connectivity index (χ1n) is 14.7. The van der Waals surface area contributed by atoms with Crippen molar-refractivity contribution in [1.29, 1.82) is 10.8 Å². The number of carbonyl (C=O) groups excluding carboxylic acids is 2. The number of amides is 1. The van der Waals surface area contributed by atoms with Crippen LogP contribution in [0.25, 0.3) is 10.8 Å². The van der Waals surface area contributed by atoms with Gasteiger partial charge in [-0.05, 0) is 73.4 Å². The quantitative estimate of drug-likeness (QED) is 0.187. The number of benzene rings is 3. The molecule has 1 fully saturated rings. The highest BCUT2D eigenvalue weighted by atomic mass is 16.6. The fourth-order valence-electron chi connectivity index (χ4n) is 5.76. The molecule has 0 saturated carbocycles. The van der Waals surface area contributed by atoms with E-state index >= 15 is 0 Å². The maximum absolute atomic E-state index is 13.9. The Bertz CT molecular complexity index is 1570. The number of piperidine rings is 1. The number of fused-ring (bicyclic) bond motifs is 2. The van der Waals surface area contributed by atoms with Crippen LogP contribution in [0.1, 0.15) is 60.7 Å². The lowest BCUT2D eigenvalue weighted by atomic mass is 9.94. The highest BCUT2D eigenvalue weighted by Crippen LogP contribution is 2.29. The number of hydrogen-bond acceptors (Lipinski definition) is 6. The molecule has 0 aliphatic carbocycles. The number of nitrogens with zero attached hydrogens (tertiary/aromatic N) is 2. The number of hydrogen-bond donors (Lipinski definition) is 4. The highest BCUT2D eigenvalue weighted by molar-refractivity contribution is 6.00. The van der Waals surface area contributed by atoms with E-state index in [1.54, 1.807) is 11.0 Å². The third-order valence-corrected chi connectivity index (χ3v) is 7.98. The summed E-state index contributed by atoms with van der Waals surface area (Å²) in [5.41, 5.74) is 13.6. The van der Waals surface area contributed by atoms with Gasteiger partial charge in [0.15, 0.2) is 5.96 Å². The topological polar surface area (TPSA) is 159 Å². The van der Waals surface area contributed by atoms with Gasteiger partial charge >= 0.3 is 5.97 Å². The van der Waals surface area contributed by atoms with Crippen LogP contribution in [0.4, 0.5) is 0 Å². The number of amidine groups is 1. The smallest absolute Gasteiger partial charge is 0.329 e. The Kier molecular flexibility index (Phi) is 8.30. The lowest BCUT2D eigenvalue weighted by Crippen LogP contribution is -2.51. The zero-order valence-corrected chi connectivity index (χ0v) is 25.0. The molecule has 3 aromatic carbocycles. The first-order valence-corrected chi connectivity index (χ1v) is 14.7. The van der Waals surface area contributed by atoms with Crippen LogP contribution in [0.5, 0.6) is 5.75 Å². The first kappa shape index (κ1) is 29.9. The molecule has 3 aromatic rings. The van der Waals surface area contributed by atoms with Crippen molar-refractivity contribution in [1.82, 2.24) is 9.80 Å². The molecule has 0 radical (unpaired) electrons. The van der Waals surface area contributed by atoms with E-state index in [0.717, 1.165) is 34.7 Å². The molecule has 0 spiro atoms. The Morgan fingerprint density at radius 1 is 0.977 bits per heavy atom. The van der Waals surface area contributed by atoms with Gasteiger partial charge in [0.2, 0.25) is 0 Å². The van der Waals surface area contributed by atoms with E-state index in [0.29, 0.717) is 42.9 Å². The standard InChI is InChI=1S/C33H40N6O4/c1-33(2,3)43-31(41)28(17-20-4-5-21-6-7-23(29(34)35)18-24(21)16-20)39-15-10-22-19-26(8-9-27(22)30(39)40)42-25-11-13-38(14-12-25)32(36)37/h4-9,16,18-19,25,28H,10-15,17H2,1-3H3,(H3,34,35)(H3,36,37). The van der Waals surface area contributed by atoms with Crippen LogP contribution in [0.3, 0.4) is 0 Å². The lowest BCUT2D eigenvalue weighted by Gasteiger charge is -2.36. The third kappa shape index (κ3) is 6.90. The SMILES string of the molecule is CC(C)(C)OC(=O)C(Cc1ccc2ccc(C(=N)N)cc2c1)N1CCc2cc(OC3CCN(C(=N)N)CC3)ccc2C1=O. The van der Waals surface area contributed by atoms with Crippen molar-refractivity contribution in [3.63, 3.8) is 0 Å². The van der Waals surface area contributed by atoms with Gasteiger partial charge < -0.3 is 30.7 Å². The molecule has 1 unspecified atom stereocenters. The summed E-state index contributed by atoms with van der Waals surface area (Å²) in [6.07, 6.45) is 2.43. The van der Waals surface area contributed by atoms with Gasteiger partial charge in [-0.15, -0.1) is 0 Å². The van der Waals surface area contributed by atoms with E-state index in [-0.39, 0.29) is 30.2 Å². The molecule has 226 valence electrons. The summed E-state index contributed by atoms with van der Waals surface area (Å²) in [6.45, 7) is 7.19. The summed E-state index contributed by atoms with van der Waals surface area (Å²) in [5.74, 6) is 0.133. The molecule has 43 heavy (non-hydrogen) atoms. The van der Waals surface area contributed by atoms with Crippen LogP contribution in [0, 0.1) is 10.8 Å². The van der Waals surface area contributed by atoms with E-state index < -0.39 is 17.6 Å². The van der Waals surface area contributed by atoms with Crippen LogP contribution in [0.15, 0.2) is 54.6 Å². The molecule has 1 saturated heterocycles. The molecular formula is C33H40N6O4. The van der Waals surface area contributed by atoms with Crippen molar-refractivity contribution in [3.8, 4) is 5.75 Å². The van der Waals surface area contributed by atoms with E-state index in [2.05, 4.69) is 0 Å². The molecule has 0 bridgehead atoms. The van der Waals surface area contributed by atoms with E-state index in [9.17, 15) is 9.59 Å². The Morgan fingerprint density at radius 3 is 2.37 bits per heavy atom. The molecule has 10 nitrogen and oxygen atoms in total. The normalized spacial score (nSPS) is 16.5. The van der Waals surface area contributed by atoms with Crippen LogP contribution in [-0.2, 0) is 22.4 Å². The zero-order chi connectivity index (χ0) is 30.9. The maximum atomic E-state index is 13.9. The van der Waals surface area contributed by atoms with Crippen molar-refractivity contribution >= 4 is 34.4 Å². The average Bonchev–Trinajstić information content (AvgIpc) is 2.95. The fourth-order valence-corrected chi connectivity index (χ4v) is 5.76. The second-order valence-electron chi connectivity index (χ2n) is 12.3. The summed E-state index contributed by atoms with van der Waals surface area (Å²) in [7, 11) is 0. The predicted molar refractivity (Wildman–Crippen MR) is 167 cm³/mol. The van der Waals surface area contributed by atoms with E-state index in [4.69, 9.17) is 31.8 Å². The van der Waals surface area contributed by atoms with Crippen LogP contribution in [-0.4, -0.2) is 70.9 Å². The molecule has 2 aliphatic rings. The summed E-state index contributed by atoms with van der Waals surface area (Å²) < 4.78 is 12.0. The van der Waals surface area contributed by atoms with Crippen molar-refractivity contribution in [2.24, 2.45) is 11.5 Å². The van der Waals surface area contributed by atoms with Crippen molar-refractivity contribution in [2.45, 2.75) is 64.2 Å². The van der Waals surface area contributed by atoms with Gasteiger partial charge in [0.25, 0.3) is 5.91 Å². The minimum absolute atomic E-state index is 0.0107. The van der Waals surface area contributed by atoms with Gasteiger partial charge in [0.1, 0.15) is 29.3 Å². The monoisotopic (exact) mass is 584 g/mol. The Hall–Kier alpha value is -4.60. The number of carbonyl (C=O) groups is 2. The first-order chi connectivity index (χ1) is 20.4. The Labute approximate surface area is 251 Å². The highest BCUT2D eigenvalue weighted by Gasteiger charge is 2.37. The van der Waals surface area contributed by atoms with Gasteiger partial charge in [-0.25, -0.2) is 4.79 Å². The van der Waals surface area contributed by atoms with Gasteiger partial charge in [-0.1, -0.05) is 30.3 Å². The molecule has 2 aliphatic heterocycles. The summed E-state index contributed by atoms with van der Waals surface area (Å²) in [6, 6.07) is 16.2. The third-order valence-electron chi connectivity index (χ3n) is 7.98. The fraction of sp³-hybridized carbons (Fsp3) is 0.394. The second-order valence-corrected chi connectivity index (χ2v) is 12.3. The predicted octanol–water partition coefficient (Wildman–Crippen LogP) is 3.81. The number of nitrogen functional groups attached to an aromatic ring is 1. The van der Waals surface area contributed by atoms with Gasteiger partial charge in [0.05, 0.1) is 0 Å². The minimum atomic E-state index is -0.810. The second kappa shape index (κ2) is 11.9. The Balaban J connectivity index is 1.36. The van der Waals surface area contributed by atoms with E-state index in [1.807, 2.05) is 74.2 Å². The Morgan fingerprint density at radius 2 is 1.70 bits per heavy atom. The molecule has 0 aromatic heterocycles. The number of likely N-dealkylation sites (tertiary alicyclic amines) is 1. The molecule has 5 rings (SSSR count). The molecule has 2 heterocycles. The van der Waals surface area contributed by atoms with Crippen LogP contribution < -0.4 is 16.2 Å². The molecule has 1 atom stereocenters. The van der Waals surface area contributed by atoms with Gasteiger partial charge in [-0.3, -0.25) is 15.6 Å². The average molecular weight is 585 g/mol. The molecule has 6 N–H and O–H groups in total. The summed E-state index contributed by atoms with van der Waals surface area (Å²) in [5, 5.41) is 17.3. The van der Waals surface area contributed by atoms with E-state index in [1.165, 1.54) is 0 Å². The number of nitrogens with one attached hydrogen (secondary N) is 2. The number of esters is 1.